The van der Waals surface area contributed by atoms with Crippen LogP contribution in [-0.2, 0) is 9.22 Å². The van der Waals surface area contributed by atoms with Crippen LogP contribution < -0.4 is 0 Å². The zero-order chi connectivity index (χ0) is 20.5. The minimum atomic E-state index is -1.76. The lowest BCUT2D eigenvalue weighted by Crippen LogP contribution is -2.51. The summed E-state index contributed by atoms with van der Waals surface area (Å²) in [5.41, 5.74) is 3.35. The highest BCUT2D eigenvalue weighted by Crippen LogP contribution is 2.63. The summed E-state index contributed by atoms with van der Waals surface area (Å²) in [5.74, 6) is 1.77. The number of fused-ring (bicyclic) bond motifs is 5. The molecule has 0 aromatic carbocycles. The van der Waals surface area contributed by atoms with Crippen molar-refractivity contribution in [2.75, 3.05) is 0 Å². The Morgan fingerprint density at radius 2 is 1.89 bits per heavy atom. The first-order valence-electron chi connectivity index (χ1n) is 11.2. The predicted molar refractivity (Wildman–Crippen MR) is 127 cm³/mol. The van der Waals surface area contributed by atoms with Crippen molar-refractivity contribution < 1.29 is 9.22 Å². The van der Waals surface area contributed by atoms with Gasteiger partial charge in [0, 0.05) is 6.42 Å². The van der Waals surface area contributed by atoms with Crippen LogP contribution in [0.1, 0.15) is 72.6 Å². The van der Waals surface area contributed by atoms with Crippen LogP contribution >= 0.6 is 22.6 Å². The first-order chi connectivity index (χ1) is 12.9. The summed E-state index contributed by atoms with van der Waals surface area (Å²) >= 11 is 2.70. The summed E-state index contributed by atoms with van der Waals surface area (Å²) in [6.45, 7) is 14.4. The SMILES string of the molecule is CC(C)(C)[Si](C)(C)O[C@H]1CC[C@H]2[C@@H]3CCC4=CC(=O)CC[C@]4(I)C3=CC[C@]12C. The lowest BCUT2D eigenvalue weighted by Gasteiger charge is -2.53. The normalized spacial score (nSPS) is 41.0. The third-order valence-electron chi connectivity index (χ3n) is 8.95. The first kappa shape index (κ1) is 21.3. The van der Waals surface area contributed by atoms with E-state index < -0.39 is 8.32 Å². The van der Waals surface area contributed by atoms with Crippen LogP contribution in [0.4, 0.5) is 0 Å². The number of rotatable bonds is 2. The van der Waals surface area contributed by atoms with Crippen molar-refractivity contribution in [1.82, 2.24) is 0 Å². The summed E-state index contributed by atoms with van der Waals surface area (Å²) < 4.78 is 7.13. The van der Waals surface area contributed by atoms with Gasteiger partial charge in [-0.05, 0) is 85.6 Å². The quantitative estimate of drug-likeness (QED) is 0.172. The number of allylic oxidation sites excluding steroid dienone is 4. The summed E-state index contributed by atoms with van der Waals surface area (Å²) in [7, 11) is -1.76. The van der Waals surface area contributed by atoms with E-state index >= 15 is 0 Å². The largest absolute Gasteiger partial charge is 0.413 e. The van der Waals surface area contributed by atoms with Gasteiger partial charge in [0.2, 0.25) is 0 Å². The molecule has 0 N–H and O–H groups in total. The van der Waals surface area contributed by atoms with E-state index in [1.807, 2.05) is 6.08 Å². The zero-order valence-electron chi connectivity index (χ0n) is 18.5. The Kier molecular flexibility index (Phi) is 5.16. The Balaban J connectivity index is 1.63. The first-order valence-corrected chi connectivity index (χ1v) is 15.2. The molecule has 0 aromatic heterocycles. The molecule has 5 atom stereocenters. The summed E-state index contributed by atoms with van der Waals surface area (Å²) in [6.07, 6.45) is 12.7. The van der Waals surface area contributed by atoms with Crippen molar-refractivity contribution in [2.24, 2.45) is 17.3 Å². The summed E-state index contributed by atoms with van der Waals surface area (Å²) in [6, 6.07) is 0. The van der Waals surface area contributed by atoms with Gasteiger partial charge < -0.3 is 4.43 Å². The van der Waals surface area contributed by atoms with Gasteiger partial charge in [-0.3, -0.25) is 4.79 Å². The molecule has 0 radical (unpaired) electrons. The molecule has 2 fully saturated rings. The summed E-state index contributed by atoms with van der Waals surface area (Å²) in [5, 5.41) is 0.266. The number of hydrogen-bond donors (Lipinski definition) is 0. The fourth-order valence-electron chi connectivity index (χ4n) is 6.16. The van der Waals surface area contributed by atoms with E-state index in [2.05, 4.69) is 69.5 Å². The van der Waals surface area contributed by atoms with E-state index in [0.29, 0.717) is 17.8 Å². The predicted octanol–water partition coefficient (Wildman–Crippen LogP) is 7.00. The number of hydrogen-bond acceptors (Lipinski definition) is 2. The lowest BCUT2D eigenvalue weighted by molar-refractivity contribution is -0.115. The standard InChI is InChI=1S/C24H37IO2Si/c1-22(2,3)28(5,6)27-21-10-9-19-18-8-7-16-15-17(26)11-14-24(16,25)20(18)12-13-23(19,21)4/h12,15,18-19,21H,7-11,13-14H2,1-6H3/t18-,19-,21-,23-,24+/m0/s1. The Bertz CT molecular complexity index is 746. The van der Waals surface area contributed by atoms with Crippen molar-refractivity contribution in [3.63, 3.8) is 0 Å². The third kappa shape index (κ3) is 3.15. The third-order valence-corrected chi connectivity index (χ3v) is 15.3. The van der Waals surface area contributed by atoms with E-state index in [1.54, 1.807) is 5.57 Å². The smallest absolute Gasteiger partial charge is 0.192 e. The molecule has 4 heteroatoms. The molecule has 156 valence electrons. The monoisotopic (exact) mass is 512 g/mol. The molecule has 0 bridgehead atoms. The van der Waals surface area contributed by atoms with Gasteiger partial charge >= 0.3 is 0 Å². The number of carbonyl (C=O) groups excluding carboxylic acids is 1. The van der Waals surface area contributed by atoms with Gasteiger partial charge in [0.1, 0.15) is 0 Å². The second kappa shape index (κ2) is 6.78. The van der Waals surface area contributed by atoms with E-state index in [9.17, 15) is 4.79 Å². The maximum absolute atomic E-state index is 12.0. The minimum absolute atomic E-state index is 0.119. The minimum Gasteiger partial charge on any atom is -0.413 e. The number of halogens is 1. The van der Waals surface area contributed by atoms with Gasteiger partial charge in [0.25, 0.3) is 0 Å². The van der Waals surface area contributed by atoms with Crippen LogP contribution in [0, 0.1) is 17.3 Å². The highest BCUT2D eigenvalue weighted by Gasteiger charge is 2.58. The molecule has 4 aliphatic carbocycles. The molecule has 0 spiro atoms. The van der Waals surface area contributed by atoms with E-state index in [0.717, 1.165) is 31.6 Å². The van der Waals surface area contributed by atoms with Gasteiger partial charge in [-0.1, -0.05) is 61.9 Å². The fourth-order valence-corrected chi connectivity index (χ4v) is 8.92. The molecule has 2 nitrogen and oxygen atoms in total. The van der Waals surface area contributed by atoms with E-state index in [1.165, 1.54) is 24.8 Å². The zero-order valence-corrected chi connectivity index (χ0v) is 21.7. The molecule has 4 aliphatic rings. The van der Waals surface area contributed by atoms with Crippen LogP contribution in [0.2, 0.25) is 18.1 Å². The molecule has 0 saturated heterocycles. The van der Waals surface area contributed by atoms with Crippen LogP contribution in [0.3, 0.4) is 0 Å². The van der Waals surface area contributed by atoms with E-state index in [-0.39, 0.29) is 13.9 Å². The van der Waals surface area contributed by atoms with Crippen molar-refractivity contribution in [2.45, 2.75) is 100 Å². The molecule has 0 amide bonds. The topological polar surface area (TPSA) is 26.3 Å². The van der Waals surface area contributed by atoms with Gasteiger partial charge in [0.05, 0.1) is 9.53 Å². The Morgan fingerprint density at radius 3 is 2.57 bits per heavy atom. The molecule has 0 heterocycles. The maximum Gasteiger partial charge on any atom is 0.192 e. The Hall–Kier alpha value is 0.0569. The molecular formula is C24H37IO2Si. The second-order valence-electron chi connectivity index (χ2n) is 11.5. The van der Waals surface area contributed by atoms with Gasteiger partial charge in [-0.2, -0.15) is 0 Å². The highest BCUT2D eigenvalue weighted by molar-refractivity contribution is 14.1. The van der Waals surface area contributed by atoms with Crippen LogP contribution in [0.25, 0.3) is 0 Å². The van der Waals surface area contributed by atoms with Gasteiger partial charge in [-0.25, -0.2) is 0 Å². The molecule has 0 unspecified atom stereocenters. The number of alkyl halides is 1. The van der Waals surface area contributed by atoms with Gasteiger partial charge in [-0.15, -0.1) is 0 Å². The number of carbonyl (C=O) groups is 1. The Labute approximate surface area is 186 Å². The molecule has 28 heavy (non-hydrogen) atoms. The van der Waals surface area contributed by atoms with E-state index in [4.69, 9.17) is 4.43 Å². The molecular weight excluding hydrogens is 475 g/mol. The summed E-state index contributed by atoms with van der Waals surface area (Å²) in [4.78, 5) is 12.0. The van der Waals surface area contributed by atoms with Crippen LogP contribution in [0.15, 0.2) is 23.3 Å². The second-order valence-corrected chi connectivity index (χ2v) is 18.1. The highest BCUT2D eigenvalue weighted by atomic mass is 127. The molecule has 0 aromatic rings. The molecule has 0 aliphatic heterocycles. The number of ketones is 1. The average Bonchev–Trinajstić information content (AvgIpc) is 2.91. The van der Waals surface area contributed by atoms with Crippen molar-refractivity contribution in [3.8, 4) is 0 Å². The van der Waals surface area contributed by atoms with Crippen LogP contribution in [-0.4, -0.2) is 23.6 Å². The molecule has 2 saturated carbocycles. The van der Waals surface area contributed by atoms with Gasteiger partial charge in [0.15, 0.2) is 14.1 Å². The van der Waals surface area contributed by atoms with Crippen LogP contribution in [0.5, 0.6) is 0 Å². The van der Waals surface area contributed by atoms with Crippen molar-refractivity contribution in [3.05, 3.63) is 23.3 Å². The maximum atomic E-state index is 12.0. The van der Waals surface area contributed by atoms with Crippen molar-refractivity contribution >= 4 is 36.7 Å². The fraction of sp³-hybridized carbons (Fsp3) is 0.792. The van der Waals surface area contributed by atoms with Crippen molar-refractivity contribution in [1.29, 1.82) is 0 Å². The lowest BCUT2D eigenvalue weighted by atomic mass is 9.56. The Morgan fingerprint density at radius 1 is 1.18 bits per heavy atom. The molecule has 4 rings (SSSR count). The average molecular weight is 513 g/mol.